The summed E-state index contributed by atoms with van der Waals surface area (Å²) in [6, 6.07) is 12.5. The molecule has 2 aliphatic heterocycles. The molecule has 228 valence electrons. The molecule has 0 spiro atoms. The van der Waals surface area contributed by atoms with Gasteiger partial charge in [0.05, 0.1) is 30.2 Å². The van der Waals surface area contributed by atoms with Crippen molar-refractivity contribution in [1.29, 1.82) is 0 Å². The van der Waals surface area contributed by atoms with Crippen molar-refractivity contribution in [3.05, 3.63) is 70.8 Å². The lowest BCUT2D eigenvalue weighted by Crippen LogP contribution is -2.54. The van der Waals surface area contributed by atoms with Crippen LogP contribution in [0.4, 0.5) is 14.7 Å². The maximum atomic E-state index is 13.0. The first-order chi connectivity index (χ1) is 20.6. The molecule has 4 aromatic rings. The summed E-state index contributed by atoms with van der Waals surface area (Å²) in [5.41, 5.74) is 2.68. The number of halogens is 2. The molecule has 0 radical (unpaired) electrons. The lowest BCUT2D eigenvalue weighted by atomic mass is 10.1. The van der Waals surface area contributed by atoms with Gasteiger partial charge in [-0.1, -0.05) is 24.3 Å². The molecule has 2 aromatic heterocycles. The third-order valence-electron chi connectivity index (χ3n) is 8.20. The average molecular weight is 595 g/mol. The van der Waals surface area contributed by atoms with E-state index < -0.39 is 12.4 Å². The second-order valence-corrected chi connectivity index (χ2v) is 11.6. The highest BCUT2D eigenvalue weighted by atomic mass is 19.3. The van der Waals surface area contributed by atoms with Gasteiger partial charge in [-0.25, -0.2) is 9.97 Å². The number of alkyl halides is 2. The molecule has 2 fully saturated rings. The van der Waals surface area contributed by atoms with Crippen LogP contribution in [0.2, 0.25) is 0 Å². The van der Waals surface area contributed by atoms with Gasteiger partial charge in [0.15, 0.2) is 5.79 Å². The summed E-state index contributed by atoms with van der Waals surface area (Å²) >= 11 is 0. The van der Waals surface area contributed by atoms with Gasteiger partial charge in [-0.15, -0.1) is 0 Å². The van der Waals surface area contributed by atoms with Crippen LogP contribution in [0.15, 0.2) is 59.7 Å². The molecular weight excluding hydrogens is 558 g/mol. The molecule has 0 saturated carbocycles. The number of para-hydroxylation sites is 1. The van der Waals surface area contributed by atoms with Crippen LogP contribution in [0.25, 0.3) is 22.0 Å². The third-order valence-corrected chi connectivity index (χ3v) is 8.20. The van der Waals surface area contributed by atoms with E-state index in [0.717, 1.165) is 37.3 Å². The molecule has 2 saturated heterocycles. The summed E-state index contributed by atoms with van der Waals surface area (Å²) in [7, 11) is 1.66. The van der Waals surface area contributed by atoms with Gasteiger partial charge >= 0.3 is 6.61 Å². The van der Waals surface area contributed by atoms with Gasteiger partial charge in [0.1, 0.15) is 5.75 Å². The number of rotatable bonds is 8. The van der Waals surface area contributed by atoms with Crippen molar-refractivity contribution in [2.75, 3.05) is 37.7 Å². The number of anilines is 1. The van der Waals surface area contributed by atoms with Crippen molar-refractivity contribution < 1.29 is 23.0 Å². The van der Waals surface area contributed by atoms with Crippen molar-refractivity contribution in [2.24, 2.45) is 7.05 Å². The smallest absolute Gasteiger partial charge is 0.387 e. The Balaban J connectivity index is 1.18. The van der Waals surface area contributed by atoms with Gasteiger partial charge in [-0.05, 0) is 44.5 Å². The molecule has 0 amide bonds. The van der Waals surface area contributed by atoms with Crippen molar-refractivity contribution in [2.45, 2.75) is 51.9 Å². The van der Waals surface area contributed by atoms with Crippen molar-refractivity contribution >= 4 is 16.9 Å². The van der Waals surface area contributed by atoms with E-state index >= 15 is 0 Å². The predicted octanol–water partition coefficient (Wildman–Crippen LogP) is 4.11. The summed E-state index contributed by atoms with van der Waals surface area (Å²) in [4.78, 5) is 27.0. The first-order valence-electron chi connectivity index (χ1n) is 14.4. The van der Waals surface area contributed by atoms with Crippen LogP contribution in [0.1, 0.15) is 26.3 Å². The average Bonchev–Trinajstić information content (AvgIpc) is 3.45. The minimum absolute atomic E-state index is 0.0681. The minimum Gasteiger partial charge on any atom is -0.434 e. The van der Waals surface area contributed by atoms with E-state index in [4.69, 9.17) is 14.2 Å². The quantitative estimate of drug-likeness (QED) is 0.301. The first kappa shape index (κ1) is 29.2. The molecule has 10 nitrogen and oxygen atoms in total. The molecule has 0 bridgehead atoms. The van der Waals surface area contributed by atoms with Gasteiger partial charge < -0.3 is 19.1 Å². The normalized spacial score (nSPS) is 20.8. The Morgan fingerprint density at radius 1 is 1.09 bits per heavy atom. The fraction of sp³-hybridized carbons (Fsp3) is 0.452. The number of aromatic nitrogens is 4. The van der Waals surface area contributed by atoms with E-state index in [-0.39, 0.29) is 24.0 Å². The van der Waals surface area contributed by atoms with E-state index in [1.165, 1.54) is 10.7 Å². The predicted molar refractivity (Wildman–Crippen MR) is 159 cm³/mol. The van der Waals surface area contributed by atoms with Gasteiger partial charge in [-0.3, -0.25) is 19.1 Å². The van der Waals surface area contributed by atoms with Crippen LogP contribution in [-0.4, -0.2) is 81.6 Å². The molecule has 2 aromatic carbocycles. The molecule has 2 aliphatic rings. The highest BCUT2D eigenvalue weighted by Crippen LogP contribution is 2.28. The van der Waals surface area contributed by atoms with E-state index in [2.05, 4.69) is 26.7 Å². The molecule has 4 heterocycles. The molecule has 43 heavy (non-hydrogen) atoms. The van der Waals surface area contributed by atoms with E-state index in [1.807, 2.05) is 26.0 Å². The van der Waals surface area contributed by atoms with E-state index in [9.17, 15) is 13.6 Å². The Morgan fingerprint density at radius 2 is 1.86 bits per heavy atom. The number of ether oxygens (including phenoxy) is 3. The van der Waals surface area contributed by atoms with Crippen molar-refractivity contribution in [3.63, 3.8) is 0 Å². The fourth-order valence-corrected chi connectivity index (χ4v) is 5.95. The molecule has 2 atom stereocenters. The molecule has 6 rings (SSSR count). The lowest BCUT2D eigenvalue weighted by Gasteiger charge is -2.40. The number of hydrogen-bond donors (Lipinski definition) is 0. The Kier molecular flexibility index (Phi) is 7.92. The Hall–Kier alpha value is -3.87. The molecule has 12 heteroatoms. The maximum Gasteiger partial charge on any atom is 0.387 e. The van der Waals surface area contributed by atoms with Crippen LogP contribution >= 0.6 is 0 Å². The van der Waals surface area contributed by atoms with Gasteiger partial charge in [0.25, 0.3) is 5.56 Å². The maximum absolute atomic E-state index is 13.0. The zero-order valence-corrected chi connectivity index (χ0v) is 24.7. The fourth-order valence-electron chi connectivity index (χ4n) is 5.95. The number of piperazine rings is 1. The number of fused-ring (bicyclic) bond motifs is 1. The van der Waals surface area contributed by atoms with Crippen LogP contribution in [0.5, 0.6) is 5.75 Å². The third kappa shape index (κ3) is 6.13. The van der Waals surface area contributed by atoms with E-state index in [1.54, 1.807) is 48.4 Å². The minimum atomic E-state index is -2.94. The van der Waals surface area contributed by atoms with Gasteiger partial charge in [0.2, 0.25) is 5.95 Å². The zero-order chi connectivity index (χ0) is 30.3. The highest BCUT2D eigenvalue weighted by Gasteiger charge is 2.35. The van der Waals surface area contributed by atoms with Gasteiger partial charge in [0, 0.05) is 62.8 Å². The van der Waals surface area contributed by atoms with Crippen molar-refractivity contribution in [1.82, 2.24) is 24.2 Å². The Morgan fingerprint density at radius 3 is 2.56 bits per heavy atom. The van der Waals surface area contributed by atoms with E-state index in [0.29, 0.717) is 35.1 Å². The molecular formula is C31H36F2N6O4. The largest absolute Gasteiger partial charge is 0.434 e. The summed E-state index contributed by atoms with van der Waals surface area (Å²) in [6.07, 6.45) is 3.66. The number of hydrogen-bond acceptors (Lipinski definition) is 8. The highest BCUT2D eigenvalue weighted by molar-refractivity contribution is 5.84. The van der Waals surface area contributed by atoms with Crippen LogP contribution < -0.4 is 15.2 Å². The summed E-state index contributed by atoms with van der Waals surface area (Å²) in [5, 5.41) is 0.529. The monoisotopic (exact) mass is 594 g/mol. The Bertz CT molecular complexity index is 1650. The van der Waals surface area contributed by atoms with Gasteiger partial charge in [-0.2, -0.15) is 8.78 Å². The zero-order valence-electron chi connectivity index (χ0n) is 24.7. The second-order valence-electron chi connectivity index (χ2n) is 11.6. The molecule has 0 N–H and O–H groups in total. The van der Waals surface area contributed by atoms with Crippen LogP contribution in [0, 0.1) is 0 Å². The second kappa shape index (κ2) is 11.7. The van der Waals surface area contributed by atoms with Crippen LogP contribution in [-0.2, 0) is 23.1 Å². The summed E-state index contributed by atoms with van der Waals surface area (Å²) in [5.74, 6) is 0.224. The topological polar surface area (TPSA) is 86.9 Å². The molecule has 0 aliphatic carbocycles. The summed E-state index contributed by atoms with van der Waals surface area (Å²) in [6.45, 7) is 7.25. The molecule has 0 unspecified atom stereocenters. The number of benzene rings is 2. The summed E-state index contributed by atoms with van der Waals surface area (Å²) < 4.78 is 45.7. The first-order valence-corrected chi connectivity index (χ1v) is 14.4. The Labute approximate surface area is 248 Å². The van der Waals surface area contributed by atoms with Crippen LogP contribution in [0.3, 0.4) is 0 Å². The lowest BCUT2D eigenvalue weighted by molar-refractivity contribution is -0.141. The number of nitrogens with zero attached hydrogens (tertiary/aromatic N) is 6. The SMILES string of the molecule is C[C@@H]1CN(c2ncc(-c3ccc4c(=O)n(C)n(Cc5ccccc5OC(F)F)c4c3)cn2)CCN1C[C@H]1COC(C)(C)O1. The van der Waals surface area contributed by atoms with Crippen molar-refractivity contribution in [3.8, 4) is 16.9 Å². The standard InChI is InChI=1S/C31H36F2N6O4/c1-20-16-38(12-11-37(20)18-24-19-41-31(2,3)43-24)30-34-14-23(15-35-30)21-9-10-25-26(13-21)39(36(4)28(25)40)17-22-7-5-6-8-27(22)42-29(32)33/h5-10,13-15,20,24,29H,11-12,16-19H2,1-4H3/t20-,24+/m1/s1.